The molecule has 0 unspecified atom stereocenters. The fourth-order valence-corrected chi connectivity index (χ4v) is 4.12. The van der Waals surface area contributed by atoms with E-state index in [0.29, 0.717) is 12.1 Å². The van der Waals surface area contributed by atoms with Crippen LogP contribution in [0.4, 0.5) is 5.82 Å². The molecule has 5 aromatic rings. The van der Waals surface area contributed by atoms with E-state index in [2.05, 4.69) is 57.5 Å². The molecule has 0 spiro atoms. The zero-order valence-electron chi connectivity index (χ0n) is 19.1. The number of nitrogens with zero attached hydrogens (tertiary/aromatic N) is 4. The molecule has 0 fully saturated rings. The standard InChI is InChI=1S/C29H23N5/c1-19-4-3-5-22(12-19)26-7-6-21(14-25(26)16-30)17-34-29-27-18-33-28(15-23(27)8-11-32-29)24-9-10-31-20(2)13-24/h3-15,18H,17H2,1-2H3,(H,32,34). The quantitative estimate of drug-likeness (QED) is 0.339. The Hall–Kier alpha value is -4.56. The predicted octanol–water partition coefficient (Wildman–Crippen LogP) is 6.46. The van der Waals surface area contributed by atoms with Gasteiger partial charge in [-0.1, -0.05) is 42.0 Å². The van der Waals surface area contributed by atoms with Crippen LogP contribution in [0.25, 0.3) is 33.2 Å². The van der Waals surface area contributed by atoms with Crippen molar-refractivity contribution in [2.45, 2.75) is 20.4 Å². The Kier molecular flexibility index (Phi) is 5.72. The van der Waals surface area contributed by atoms with Crippen LogP contribution >= 0.6 is 0 Å². The number of aromatic nitrogens is 3. The Bertz CT molecular complexity index is 1550. The lowest BCUT2D eigenvalue weighted by molar-refractivity contribution is 1.12. The normalized spacial score (nSPS) is 10.7. The van der Waals surface area contributed by atoms with Gasteiger partial charge < -0.3 is 5.32 Å². The Morgan fingerprint density at radius 3 is 2.56 bits per heavy atom. The summed E-state index contributed by atoms with van der Waals surface area (Å²) in [5.41, 5.74) is 7.75. The largest absolute Gasteiger partial charge is 0.365 e. The summed E-state index contributed by atoms with van der Waals surface area (Å²) in [6, 6.07) is 24.6. The molecule has 0 atom stereocenters. The summed E-state index contributed by atoms with van der Waals surface area (Å²) in [4.78, 5) is 13.5. The van der Waals surface area contributed by atoms with Crippen molar-refractivity contribution in [2.24, 2.45) is 0 Å². The number of rotatable bonds is 5. The second kappa shape index (κ2) is 9.13. The minimum absolute atomic E-state index is 0.556. The van der Waals surface area contributed by atoms with Crippen molar-refractivity contribution in [3.8, 4) is 28.5 Å². The molecular formula is C29H23N5. The van der Waals surface area contributed by atoms with Gasteiger partial charge in [-0.05, 0) is 66.3 Å². The van der Waals surface area contributed by atoms with Gasteiger partial charge in [-0.2, -0.15) is 5.26 Å². The van der Waals surface area contributed by atoms with Gasteiger partial charge in [0, 0.05) is 41.8 Å². The van der Waals surface area contributed by atoms with Crippen molar-refractivity contribution < 1.29 is 0 Å². The maximum Gasteiger partial charge on any atom is 0.135 e. The molecule has 0 radical (unpaired) electrons. The maximum atomic E-state index is 9.74. The summed E-state index contributed by atoms with van der Waals surface area (Å²) < 4.78 is 0. The molecule has 0 saturated carbocycles. The topological polar surface area (TPSA) is 74.5 Å². The van der Waals surface area contributed by atoms with Crippen LogP contribution in [-0.4, -0.2) is 15.0 Å². The van der Waals surface area contributed by atoms with E-state index in [1.807, 2.05) is 55.6 Å². The lowest BCUT2D eigenvalue weighted by Crippen LogP contribution is -2.03. The highest BCUT2D eigenvalue weighted by Crippen LogP contribution is 2.28. The van der Waals surface area contributed by atoms with Gasteiger partial charge in [-0.15, -0.1) is 0 Å². The first-order valence-corrected chi connectivity index (χ1v) is 11.1. The van der Waals surface area contributed by atoms with Crippen LogP contribution in [0.1, 0.15) is 22.4 Å². The lowest BCUT2D eigenvalue weighted by Gasteiger charge is -2.12. The fourth-order valence-electron chi connectivity index (χ4n) is 4.12. The number of nitrogens with one attached hydrogen (secondary N) is 1. The monoisotopic (exact) mass is 441 g/mol. The molecule has 0 aliphatic heterocycles. The van der Waals surface area contributed by atoms with E-state index in [9.17, 15) is 5.26 Å². The third-order valence-electron chi connectivity index (χ3n) is 5.83. The molecule has 5 nitrogen and oxygen atoms in total. The summed E-state index contributed by atoms with van der Waals surface area (Å²) >= 11 is 0. The zero-order chi connectivity index (χ0) is 23.5. The van der Waals surface area contributed by atoms with E-state index in [4.69, 9.17) is 0 Å². The molecule has 3 aromatic heterocycles. The van der Waals surface area contributed by atoms with Crippen LogP contribution in [-0.2, 0) is 6.54 Å². The van der Waals surface area contributed by atoms with Crippen LogP contribution < -0.4 is 5.32 Å². The molecule has 0 aliphatic rings. The summed E-state index contributed by atoms with van der Waals surface area (Å²) in [6.45, 7) is 4.59. The van der Waals surface area contributed by atoms with E-state index in [1.165, 1.54) is 5.56 Å². The van der Waals surface area contributed by atoms with Crippen LogP contribution in [0, 0.1) is 25.2 Å². The first kappa shape index (κ1) is 21.3. The van der Waals surface area contributed by atoms with Crippen LogP contribution in [0.5, 0.6) is 0 Å². The molecular weight excluding hydrogens is 418 g/mol. The number of pyridine rings is 3. The molecule has 164 valence electrons. The zero-order valence-corrected chi connectivity index (χ0v) is 19.1. The SMILES string of the molecule is Cc1cccc(-c2ccc(CNc3nccc4cc(-c5ccnc(C)c5)ncc34)cc2C#N)c1. The number of hydrogen-bond donors (Lipinski definition) is 1. The van der Waals surface area contributed by atoms with Crippen molar-refractivity contribution in [3.05, 3.63) is 108 Å². The van der Waals surface area contributed by atoms with E-state index in [0.717, 1.165) is 50.2 Å². The highest BCUT2D eigenvalue weighted by molar-refractivity contribution is 5.93. The maximum absolute atomic E-state index is 9.74. The molecule has 1 N–H and O–H groups in total. The number of aryl methyl sites for hydroxylation is 2. The van der Waals surface area contributed by atoms with Gasteiger partial charge >= 0.3 is 0 Å². The van der Waals surface area contributed by atoms with Gasteiger partial charge in [0.1, 0.15) is 5.82 Å². The average molecular weight is 442 g/mol. The second-order valence-electron chi connectivity index (χ2n) is 8.35. The van der Waals surface area contributed by atoms with E-state index < -0.39 is 0 Å². The van der Waals surface area contributed by atoms with E-state index in [-0.39, 0.29) is 0 Å². The fraction of sp³-hybridized carbons (Fsp3) is 0.103. The highest BCUT2D eigenvalue weighted by atomic mass is 15.0. The van der Waals surface area contributed by atoms with Crippen LogP contribution in [0.15, 0.2) is 85.3 Å². The van der Waals surface area contributed by atoms with Crippen molar-refractivity contribution in [1.82, 2.24) is 15.0 Å². The Balaban J connectivity index is 1.40. The molecule has 5 rings (SSSR count). The molecule has 34 heavy (non-hydrogen) atoms. The molecule has 0 aliphatic carbocycles. The summed E-state index contributed by atoms with van der Waals surface area (Å²) in [7, 11) is 0. The highest BCUT2D eigenvalue weighted by Gasteiger charge is 2.09. The lowest BCUT2D eigenvalue weighted by atomic mass is 9.97. The second-order valence-corrected chi connectivity index (χ2v) is 8.35. The Morgan fingerprint density at radius 1 is 0.853 bits per heavy atom. The smallest absolute Gasteiger partial charge is 0.135 e. The third kappa shape index (κ3) is 4.35. The number of anilines is 1. The number of nitriles is 1. The molecule has 2 aromatic carbocycles. The summed E-state index contributed by atoms with van der Waals surface area (Å²) in [6.07, 6.45) is 5.46. The molecule has 3 heterocycles. The van der Waals surface area contributed by atoms with Crippen molar-refractivity contribution in [3.63, 3.8) is 0 Å². The van der Waals surface area contributed by atoms with Crippen LogP contribution in [0.2, 0.25) is 0 Å². The van der Waals surface area contributed by atoms with Crippen molar-refractivity contribution in [1.29, 1.82) is 5.26 Å². The minimum Gasteiger partial charge on any atom is -0.365 e. The van der Waals surface area contributed by atoms with E-state index in [1.54, 1.807) is 12.4 Å². The Morgan fingerprint density at radius 2 is 1.74 bits per heavy atom. The van der Waals surface area contributed by atoms with E-state index >= 15 is 0 Å². The third-order valence-corrected chi connectivity index (χ3v) is 5.83. The average Bonchev–Trinajstić information content (AvgIpc) is 2.87. The Labute approximate surface area is 198 Å². The molecule has 5 heteroatoms. The van der Waals surface area contributed by atoms with Crippen molar-refractivity contribution >= 4 is 16.6 Å². The molecule has 0 amide bonds. The van der Waals surface area contributed by atoms with Gasteiger partial charge in [-0.25, -0.2) is 4.98 Å². The van der Waals surface area contributed by atoms with Gasteiger partial charge in [0.25, 0.3) is 0 Å². The predicted molar refractivity (Wildman–Crippen MR) is 136 cm³/mol. The van der Waals surface area contributed by atoms with Gasteiger partial charge in [0.15, 0.2) is 0 Å². The van der Waals surface area contributed by atoms with Crippen LogP contribution in [0.3, 0.4) is 0 Å². The molecule has 0 bridgehead atoms. The van der Waals surface area contributed by atoms with Gasteiger partial charge in [0.05, 0.1) is 17.3 Å². The van der Waals surface area contributed by atoms with Gasteiger partial charge in [0.2, 0.25) is 0 Å². The summed E-state index contributed by atoms with van der Waals surface area (Å²) in [5, 5.41) is 15.2. The first-order valence-electron chi connectivity index (χ1n) is 11.1. The van der Waals surface area contributed by atoms with Crippen molar-refractivity contribution in [2.75, 3.05) is 5.32 Å². The number of fused-ring (bicyclic) bond motifs is 1. The number of hydrogen-bond acceptors (Lipinski definition) is 5. The van der Waals surface area contributed by atoms with Gasteiger partial charge in [-0.3, -0.25) is 9.97 Å². The summed E-state index contributed by atoms with van der Waals surface area (Å²) in [5.74, 6) is 0.767. The molecule has 0 saturated heterocycles. The first-order chi connectivity index (χ1) is 16.6. The minimum atomic E-state index is 0.556. The number of benzene rings is 2.